The summed E-state index contributed by atoms with van der Waals surface area (Å²) in [4.78, 5) is 23.3. The summed E-state index contributed by atoms with van der Waals surface area (Å²) in [5.74, 6) is 5.58. The Morgan fingerprint density at radius 3 is 1.93 bits per heavy atom. The SMILES string of the molecule is CC(C)(C)OC(=O)NC(CCC(N)=O)COCc1ccc(C#CCOCCOCCOCCOCCOCCO)cc1. The first kappa shape index (κ1) is 37.3. The Kier molecular flexibility index (Phi) is 21.1. The molecular weight excluding hydrogens is 548 g/mol. The van der Waals surface area contributed by atoms with Gasteiger partial charge in [-0.25, -0.2) is 4.79 Å². The van der Waals surface area contributed by atoms with Crippen molar-refractivity contribution in [3.63, 3.8) is 0 Å². The molecule has 0 saturated carbocycles. The third-order valence-corrected chi connectivity index (χ3v) is 5.13. The third-order valence-electron chi connectivity index (χ3n) is 5.13. The molecule has 4 N–H and O–H groups in total. The molecule has 42 heavy (non-hydrogen) atoms. The van der Waals surface area contributed by atoms with Crippen molar-refractivity contribution in [1.29, 1.82) is 0 Å². The molecule has 0 heterocycles. The molecule has 0 saturated heterocycles. The summed E-state index contributed by atoms with van der Waals surface area (Å²) < 4.78 is 37.8. The summed E-state index contributed by atoms with van der Waals surface area (Å²) in [6.07, 6.45) is -0.0847. The highest BCUT2D eigenvalue weighted by Gasteiger charge is 2.20. The number of aliphatic hydroxyl groups is 1. The number of amides is 2. The average Bonchev–Trinajstić information content (AvgIpc) is 2.93. The van der Waals surface area contributed by atoms with Crippen LogP contribution in [0.25, 0.3) is 0 Å². The van der Waals surface area contributed by atoms with E-state index in [-0.39, 0.29) is 19.6 Å². The van der Waals surface area contributed by atoms with Crippen LogP contribution in [0.2, 0.25) is 0 Å². The molecule has 1 aromatic carbocycles. The molecule has 12 nitrogen and oxygen atoms in total. The van der Waals surface area contributed by atoms with Crippen molar-refractivity contribution in [2.24, 2.45) is 5.73 Å². The van der Waals surface area contributed by atoms with Crippen LogP contribution >= 0.6 is 0 Å². The van der Waals surface area contributed by atoms with Gasteiger partial charge in [0.1, 0.15) is 12.2 Å². The van der Waals surface area contributed by atoms with E-state index in [2.05, 4.69) is 17.2 Å². The molecular formula is C30H48N2O10. The second-order valence-corrected chi connectivity index (χ2v) is 10.1. The van der Waals surface area contributed by atoms with Crippen LogP contribution in [0, 0.1) is 11.8 Å². The normalized spacial score (nSPS) is 11.9. The van der Waals surface area contributed by atoms with Crippen LogP contribution in [0.4, 0.5) is 4.79 Å². The van der Waals surface area contributed by atoms with Gasteiger partial charge in [-0.1, -0.05) is 24.0 Å². The number of hydrogen-bond donors (Lipinski definition) is 3. The van der Waals surface area contributed by atoms with Crippen LogP contribution in [0.5, 0.6) is 0 Å². The summed E-state index contributed by atoms with van der Waals surface area (Å²) >= 11 is 0. The van der Waals surface area contributed by atoms with Crippen LogP contribution in [-0.4, -0.2) is 108 Å². The maximum Gasteiger partial charge on any atom is 0.407 e. The van der Waals surface area contributed by atoms with Crippen molar-refractivity contribution in [3.8, 4) is 11.8 Å². The summed E-state index contributed by atoms with van der Waals surface area (Å²) in [5.41, 5.74) is 6.42. The number of rotatable bonds is 23. The smallest absolute Gasteiger partial charge is 0.407 e. The van der Waals surface area contributed by atoms with Crippen molar-refractivity contribution in [1.82, 2.24) is 5.32 Å². The molecule has 0 aliphatic rings. The van der Waals surface area contributed by atoms with Gasteiger partial charge in [-0.15, -0.1) is 0 Å². The Morgan fingerprint density at radius 2 is 1.40 bits per heavy atom. The average molecular weight is 597 g/mol. The number of alkyl carbamates (subject to hydrolysis) is 1. The summed E-state index contributed by atoms with van der Waals surface area (Å²) in [6.45, 7) is 10.2. The van der Waals surface area contributed by atoms with Gasteiger partial charge in [0.15, 0.2) is 0 Å². The molecule has 12 heteroatoms. The van der Waals surface area contributed by atoms with Gasteiger partial charge < -0.3 is 49.3 Å². The van der Waals surface area contributed by atoms with E-state index in [0.29, 0.717) is 79.1 Å². The lowest BCUT2D eigenvalue weighted by Gasteiger charge is -2.23. The Balaban J connectivity index is 2.16. The Hall–Kier alpha value is -2.76. The second-order valence-electron chi connectivity index (χ2n) is 10.1. The van der Waals surface area contributed by atoms with E-state index in [1.54, 1.807) is 20.8 Å². The molecule has 1 aromatic rings. The van der Waals surface area contributed by atoms with Crippen LogP contribution in [0.1, 0.15) is 44.7 Å². The maximum atomic E-state index is 12.1. The quantitative estimate of drug-likeness (QED) is 0.126. The lowest BCUT2D eigenvalue weighted by Crippen LogP contribution is -2.42. The van der Waals surface area contributed by atoms with Gasteiger partial charge in [-0.2, -0.15) is 0 Å². The van der Waals surface area contributed by atoms with Gasteiger partial charge in [0.2, 0.25) is 5.91 Å². The van der Waals surface area contributed by atoms with E-state index in [1.807, 2.05) is 24.3 Å². The maximum absolute atomic E-state index is 12.1. The van der Waals surface area contributed by atoms with Crippen LogP contribution < -0.4 is 11.1 Å². The van der Waals surface area contributed by atoms with E-state index in [0.717, 1.165) is 11.1 Å². The zero-order chi connectivity index (χ0) is 30.9. The highest BCUT2D eigenvalue weighted by atomic mass is 16.6. The Labute approximate surface area is 249 Å². The minimum absolute atomic E-state index is 0.0135. The van der Waals surface area contributed by atoms with E-state index >= 15 is 0 Å². The van der Waals surface area contributed by atoms with Crippen molar-refractivity contribution in [2.45, 2.75) is 51.9 Å². The number of hydrogen-bond acceptors (Lipinski definition) is 10. The van der Waals surface area contributed by atoms with Crippen molar-refractivity contribution >= 4 is 12.0 Å². The molecule has 0 bridgehead atoms. The fourth-order valence-electron chi connectivity index (χ4n) is 3.20. The highest BCUT2D eigenvalue weighted by molar-refractivity contribution is 5.74. The fourth-order valence-corrected chi connectivity index (χ4v) is 3.20. The second kappa shape index (κ2) is 23.8. The molecule has 0 aliphatic carbocycles. The van der Waals surface area contributed by atoms with Crippen LogP contribution in [0.3, 0.4) is 0 Å². The molecule has 0 fully saturated rings. The largest absolute Gasteiger partial charge is 0.444 e. The van der Waals surface area contributed by atoms with E-state index < -0.39 is 23.6 Å². The summed E-state index contributed by atoms with van der Waals surface area (Å²) in [6, 6.07) is 7.22. The zero-order valence-corrected chi connectivity index (χ0v) is 25.2. The summed E-state index contributed by atoms with van der Waals surface area (Å²) in [5, 5.41) is 11.3. The van der Waals surface area contributed by atoms with Gasteiger partial charge in [0.05, 0.1) is 85.3 Å². The molecule has 1 unspecified atom stereocenters. The molecule has 1 rings (SSSR count). The number of nitrogens with one attached hydrogen (secondary N) is 1. The van der Waals surface area contributed by atoms with Crippen molar-refractivity contribution in [2.75, 3.05) is 79.3 Å². The number of ether oxygens (including phenoxy) is 7. The molecule has 0 aromatic heterocycles. The molecule has 2 amide bonds. The summed E-state index contributed by atoms with van der Waals surface area (Å²) in [7, 11) is 0. The van der Waals surface area contributed by atoms with E-state index in [9.17, 15) is 9.59 Å². The predicted octanol–water partition coefficient (Wildman–Crippen LogP) is 1.79. The number of carbonyl (C=O) groups excluding carboxylic acids is 2. The van der Waals surface area contributed by atoms with E-state index in [1.165, 1.54) is 0 Å². The number of nitrogens with two attached hydrogens (primary N) is 1. The first-order valence-electron chi connectivity index (χ1n) is 14.1. The number of carbonyl (C=O) groups is 2. The third kappa shape index (κ3) is 22.9. The Morgan fingerprint density at radius 1 is 0.857 bits per heavy atom. The van der Waals surface area contributed by atoms with E-state index in [4.69, 9.17) is 44.0 Å². The van der Waals surface area contributed by atoms with Gasteiger partial charge in [0.25, 0.3) is 0 Å². The fraction of sp³-hybridized carbons (Fsp3) is 0.667. The van der Waals surface area contributed by atoms with Crippen molar-refractivity contribution < 1.29 is 47.9 Å². The predicted molar refractivity (Wildman–Crippen MR) is 156 cm³/mol. The van der Waals surface area contributed by atoms with Crippen molar-refractivity contribution in [3.05, 3.63) is 35.4 Å². The minimum atomic E-state index is -0.629. The van der Waals surface area contributed by atoms with Crippen LogP contribution in [-0.2, 0) is 44.6 Å². The zero-order valence-electron chi connectivity index (χ0n) is 25.2. The minimum Gasteiger partial charge on any atom is -0.444 e. The molecule has 0 spiro atoms. The monoisotopic (exact) mass is 596 g/mol. The first-order chi connectivity index (χ1) is 20.2. The first-order valence-corrected chi connectivity index (χ1v) is 14.1. The molecule has 1 atom stereocenters. The molecule has 0 aliphatic heterocycles. The van der Waals surface area contributed by atoms with Gasteiger partial charge in [-0.3, -0.25) is 4.79 Å². The highest BCUT2D eigenvalue weighted by Crippen LogP contribution is 2.09. The topological polar surface area (TPSA) is 157 Å². The van der Waals surface area contributed by atoms with Gasteiger partial charge >= 0.3 is 6.09 Å². The standard InChI is InChI=1S/C30H48N2O10/c1-30(2,3)42-29(35)32-27(10-11-28(31)34)24-41-23-26-8-6-25(7-9-26)5-4-13-36-15-17-38-19-21-40-22-20-39-18-16-37-14-12-33/h6-9,27,33H,10-24H2,1-3H3,(H2,31,34)(H,32,35). The lowest BCUT2D eigenvalue weighted by atomic mass is 10.1. The number of aliphatic hydroxyl groups excluding tert-OH is 1. The van der Waals surface area contributed by atoms with Crippen LogP contribution in [0.15, 0.2) is 24.3 Å². The Bertz CT molecular complexity index is 909. The molecule has 0 radical (unpaired) electrons. The van der Waals surface area contributed by atoms with Gasteiger partial charge in [0, 0.05) is 12.0 Å². The number of primary amides is 1. The lowest BCUT2D eigenvalue weighted by molar-refractivity contribution is -0.118. The molecule has 238 valence electrons. The van der Waals surface area contributed by atoms with Gasteiger partial charge in [-0.05, 0) is 44.9 Å². The number of benzene rings is 1.